The van der Waals surface area contributed by atoms with E-state index in [1.807, 2.05) is 0 Å². The number of hydrogen-bond acceptors (Lipinski definition) is 3. The molecule has 2 saturated heterocycles. The molecule has 2 aliphatic heterocycles. The van der Waals surface area contributed by atoms with Gasteiger partial charge < -0.3 is 15.5 Å². The van der Waals surface area contributed by atoms with Gasteiger partial charge in [-0.25, -0.2) is 0 Å². The third kappa shape index (κ3) is 8.06. The number of carbonyl (C=O) groups is 1. The van der Waals surface area contributed by atoms with Crippen LogP contribution < -0.4 is 10.6 Å². The van der Waals surface area contributed by atoms with Crippen LogP contribution in [0.25, 0.3) is 0 Å². The van der Waals surface area contributed by atoms with E-state index in [-0.39, 0.29) is 30.7 Å². The van der Waals surface area contributed by atoms with Gasteiger partial charge in [-0.2, -0.15) is 0 Å². The average molecular weight is 368 g/mol. The van der Waals surface area contributed by atoms with Gasteiger partial charge in [0.05, 0.1) is 0 Å². The highest BCUT2D eigenvalue weighted by atomic mass is 35.5. The number of nitrogens with one attached hydrogen (secondary N) is 2. The molecule has 2 aliphatic rings. The second kappa shape index (κ2) is 12.3. The number of hydrogen-bond donors (Lipinski definition) is 2. The van der Waals surface area contributed by atoms with Gasteiger partial charge in [0.2, 0.25) is 5.91 Å². The minimum Gasteiger partial charge on any atom is -0.353 e. The van der Waals surface area contributed by atoms with E-state index in [4.69, 9.17) is 0 Å². The van der Waals surface area contributed by atoms with Gasteiger partial charge in [-0.15, -0.1) is 24.8 Å². The van der Waals surface area contributed by atoms with E-state index in [1.54, 1.807) is 0 Å². The molecule has 2 heterocycles. The van der Waals surface area contributed by atoms with Crippen LogP contribution in [0.1, 0.15) is 65.2 Å². The summed E-state index contributed by atoms with van der Waals surface area (Å²) in [6, 6.07) is 1.72. The summed E-state index contributed by atoms with van der Waals surface area (Å²) in [7, 11) is 0. The highest BCUT2D eigenvalue weighted by Gasteiger charge is 2.33. The Morgan fingerprint density at radius 2 is 1.61 bits per heavy atom. The summed E-state index contributed by atoms with van der Waals surface area (Å²) in [4.78, 5) is 14.6. The molecule has 2 atom stereocenters. The van der Waals surface area contributed by atoms with Crippen molar-refractivity contribution < 1.29 is 4.79 Å². The van der Waals surface area contributed by atoms with Gasteiger partial charge >= 0.3 is 0 Å². The first kappa shape index (κ1) is 23.0. The molecule has 138 valence electrons. The molecule has 6 heteroatoms. The number of halogens is 2. The van der Waals surface area contributed by atoms with Crippen LogP contribution in [-0.2, 0) is 4.79 Å². The second-order valence-electron chi connectivity index (χ2n) is 6.82. The molecular formula is C17H35Cl2N3O. The molecule has 0 aromatic heterocycles. The van der Waals surface area contributed by atoms with Gasteiger partial charge in [0.1, 0.15) is 0 Å². The summed E-state index contributed by atoms with van der Waals surface area (Å²) < 4.78 is 0. The highest BCUT2D eigenvalue weighted by Crippen LogP contribution is 2.26. The van der Waals surface area contributed by atoms with E-state index in [9.17, 15) is 4.79 Å². The van der Waals surface area contributed by atoms with Crippen LogP contribution in [0.5, 0.6) is 0 Å². The summed E-state index contributed by atoms with van der Waals surface area (Å²) in [5.74, 6) is 0.259. The first-order valence-electron chi connectivity index (χ1n) is 8.99. The Kier molecular flexibility index (Phi) is 12.3. The maximum atomic E-state index is 12.1. The van der Waals surface area contributed by atoms with Gasteiger partial charge in [0.25, 0.3) is 0 Å². The second-order valence-corrected chi connectivity index (χ2v) is 6.82. The molecule has 2 unspecified atom stereocenters. The molecule has 2 bridgehead atoms. The largest absolute Gasteiger partial charge is 0.353 e. The predicted octanol–water partition coefficient (Wildman–Crippen LogP) is 3.13. The van der Waals surface area contributed by atoms with Gasteiger partial charge in [0, 0.05) is 24.5 Å². The molecule has 2 fully saturated rings. The molecular weight excluding hydrogens is 333 g/mol. The van der Waals surface area contributed by atoms with Crippen molar-refractivity contribution in [3.63, 3.8) is 0 Å². The minimum atomic E-state index is 0. The third-order valence-electron chi connectivity index (χ3n) is 4.80. The Morgan fingerprint density at radius 1 is 1.04 bits per heavy atom. The number of fused-ring (bicyclic) bond motifs is 2. The van der Waals surface area contributed by atoms with E-state index in [0.717, 1.165) is 38.9 Å². The van der Waals surface area contributed by atoms with Crippen LogP contribution in [0.4, 0.5) is 0 Å². The first-order valence-corrected chi connectivity index (χ1v) is 8.99. The molecule has 0 saturated carbocycles. The lowest BCUT2D eigenvalue weighted by atomic mass is 9.99. The van der Waals surface area contributed by atoms with Crippen LogP contribution in [-0.4, -0.2) is 48.6 Å². The summed E-state index contributed by atoms with van der Waals surface area (Å²) in [5, 5.41) is 6.88. The van der Waals surface area contributed by atoms with E-state index in [0.29, 0.717) is 24.5 Å². The van der Waals surface area contributed by atoms with Crippen molar-refractivity contribution in [3.05, 3.63) is 0 Å². The molecule has 23 heavy (non-hydrogen) atoms. The Bertz CT molecular complexity index is 313. The van der Waals surface area contributed by atoms with Crippen LogP contribution in [0.3, 0.4) is 0 Å². The van der Waals surface area contributed by atoms with Gasteiger partial charge in [-0.05, 0) is 64.6 Å². The number of amides is 1. The van der Waals surface area contributed by atoms with Gasteiger partial charge in [0.15, 0.2) is 0 Å². The Balaban J connectivity index is 0.00000242. The Hall–Kier alpha value is -0.0300. The zero-order valence-electron chi connectivity index (χ0n) is 14.7. The predicted molar refractivity (Wildman–Crippen MR) is 102 cm³/mol. The van der Waals surface area contributed by atoms with Crippen molar-refractivity contribution in [3.8, 4) is 0 Å². The van der Waals surface area contributed by atoms with E-state index in [2.05, 4.69) is 29.4 Å². The minimum absolute atomic E-state index is 0. The molecule has 0 spiro atoms. The van der Waals surface area contributed by atoms with Crippen molar-refractivity contribution in [2.45, 2.75) is 83.3 Å². The lowest BCUT2D eigenvalue weighted by Crippen LogP contribution is -2.48. The molecule has 4 nitrogen and oxygen atoms in total. The van der Waals surface area contributed by atoms with E-state index >= 15 is 0 Å². The lowest BCUT2D eigenvalue weighted by Gasteiger charge is -2.29. The van der Waals surface area contributed by atoms with Crippen LogP contribution in [0, 0.1) is 0 Å². The monoisotopic (exact) mass is 367 g/mol. The maximum absolute atomic E-state index is 12.1. The Labute approximate surface area is 154 Å². The molecule has 0 radical (unpaired) electrons. The number of piperidine rings is 1. The van der Waals surface area contributed by atoms with E-state index in [1.165, 1.54) is 25.7 Å². The number of rotatable bonds is 9. The number of nitrogens with zero attached hydrogens (tertiary/aromatic N) is 1. The van der Waals surface area contributed by atoms with Crippen molar-refractivity contribution in [2.24, 2.45) is 0 Å². The molecule has 0 aromatic rings. The number of carbonyl (C=O) groups excluding carboxylic acids is 1. The molecule has 2 N–H and O–H groups in total. The summed E-state index contributed by atoms with van der Waals surface area (Å²) in [6.45, 7) is 7.83. The summed E-state index contributed by atoms with van der Waals surface area (Å²) >= 11 is 0. The standard InChI is InChI=1S/C17H33N3O.2ClH/c1-3-9-20(10-4-2)11-5-6-17(21)19-16-12-14-7-8-15(13-16)18-14;;/h14-16,18H,3-13H2,1-2H3,(H,19,21);2*1H. The molecule has 0 aromatic carbocycles. The maximum Gasteiger partial charge on any atom is 0.220 e. The van der Waals surface area contributed by atoms with Crippen LogP contribution in [0.2, 0.25) is 0 Å². The topological polar surface area (TPSA) is 44.4 Å². The van der Waals surface area contributed by atoms with Gasteiger partial charge in [-0.3, -0.25) is 4.79 Å². The van der Waals surface area contributed by atoms with E-state index < -0.39 is 0 Å². The fraction of sp³-hybridized carbons (Fsp3) is 0.941. The summed E-state index contributed by atoms with van der Waals surface area (Å²) in [5.41, 5.74) is 0. The van der Waals surface area contributed by atoms with Crippen molar-refractivity contribution in [1.82, 2.24) is 15.5 Å². The van der Waals surface area contributed by atoms with Crippen molar-refractivity contribution >= 4 is 30.7 Å². The molecule has 1 amide bonds. The quantitative estimate of drug-likeness (QED) is 0.657. The molecule has 0 aliphatic carbocycles. The SMILES string of the molecule is CCCN(CCC)CCCC(=O)NC1CC2CCC(C1)N2.Cl.Cl. The average Bonchev–Trinajstić information content (AvgIpc) is 2.78. The normalized spacial score (nSPS) is 25.6. The van der Waals surface area contributed by atoms with Gasteiger partial charge in [-0.1, -0.05) is 13.8 Å². The lowest BCUT2D eigenvalue weighted by molar-refractivity contribution is -0.122. The molecule has 2 rings (SSSR count). The fourth-order valence-electron chi connectivity index (χ4n) is 3.91. The highest BCUT2D eigenvalue weighted by molar-refractivity contribution is 5.85. The fourth-order valence-corrected chi connectivity index (χ4v) is 3.91. The van der Waals surface area contributed by atoms with Crippen LogP contribution in [0.15, 0.2) is 0 Å². The Morgan fingerprint density at radius 3 is 2.13 bits per heavy atom. The van der Waals surface area contributed by atoms with Crippen molar-refractivity contribution in [2.75, 3.05) is 19.6 Å². The van der Waals surface area contributed by atoms with Crippen molar-refractivity contribution in [1.29, 1.82) is 0 Å². The third-order valence-corrected chi connectivity index (χ3v) is 4.80. The zero-order chi connectivity index (χ0) is 15.1. The summed E-state index contributed by atoms with van der Waals surface area (Å²) in [6.07, 6.45) is 8.90. The smallest absolute Gasteiger partial charge is 0.220 e. The first-order chi connectivity index (χ1) is 10.2. The van der Waals surface area contributed by atoms with Crippen LogP contribution >= 0.6 is 24.8 Å². The zero-order valence-corrected chi connectivity index (χ0v) is 16.3.